The largest absolute Gasteiger partial charge is 0.322 e. The number of nitrogens with one attached hydrogen (secondary N) is 2. The van der Waals surface area contributed by atoms with Crippen molar-refractivity contribution >= 4 is 66.2 Å². The van der Waals surface area contributed by atoms with Gasteiger partial charge in [-0.3, -0.25) is 13.8 Å². The summed E-state index contributed by atoms with van der Waals surface area (Å²) in [4.78, 5) is 12.9. The van der Waals surface area contributed by atoms with E-state index in [0.29, 0.717) is 32.7 Å². The van der Waals surface area contributed by atoms with E-state index < -0.39 is 26.0 Å². The van der Waals surface area contributed by atoms with E-state index in [9.17, 15) is 21.6 Å². The highest BCUT2D eigenvalue weighted by Gasteiger charge is 2.21. The van der Waals surface area contributed by atoms with Gasteiger partial charge >= 0.3 is 0 Å². The van der Waals surface area contributed by atoms with E-state index in [1.807, 2.05) is 19.9 Å². The van der Waals surface area contributed by atoms with Crippen molar-refractivity contribution in [2.24, 2.45) is 0 Å². The van der Waals surface area contributed by atoms with Crippen molar-refractivity contribution in [3.63, 3.8) is 0 Å². The Bertz CT molecular complexity index is 1790. The number of rotatable bonds is 9. The van der Waals surface area contributed by atoms with Crippen LogP contribution < -0.4 is 14.3 Å². The molecule has 41 heavy (non-hydrogen) atoms. The number of amides is 1. The van der Waals surface area contributed by atoms with Gasteiger partial charge in [0.1, 0.15) is 0 Å². The topological polar surface area (TPSA) is 113 Å². The lowest BCUT2D eigenvalue weighted by Crippen LogP contribution is -2.29. The number of hydrogen-bond acceptors (Lipinski definition) is 5. The van der Waals surface area contributed by atoms with Crippen LogP contribution >= 0.6 is 23.2 Å². The van der Waals surface area contributed by atoms with Crippen LogP contribution in [-0.2, 0) is 26.6 Å². The molecule has 0 saturated carbocycles. The lowest BCUT2D eigenvalue weighted by atomic mass is 10.1. The molecule has 0 aliphatic heterocycles. The van der Waals surface area contributed by atoms with Crippen LogP contribution in [-0.4, -0.2) is 29.0 Å². The lowest BCUT2D eigenvalue weighted by molar-refractivity contribution is 0.102. The summed E-state index contributed by atoms with van der Waals surface area (Å²) in [5.74, 6) is -0.458. The summed E-state index contributed by atoms with van der Waals surface area (Å²) in [6.07, 6.45) is 1.07. The molecule has 0 fully saturated rings. The second-order valence-electron chi connectivity index (χ2n) is 9.40. The Labute approximate surface area is 250 Å². The molecule has 0 atom stereocenters. The number of carbonyl (C=O) groups excluding carboxylic acids is 1. The summed E-state index contributed by atoms with van der Waals surface area (Å²) in [6, 6.07) is 22.0. The fourth-order valence-corrected chi connectivity index (χ4v) is 6.38. The molecule has 0 heterocycles. The van der Waals surface area contributed by atoms with Gasteiger partial charge in [-0.2, -0.15) is 0 Å². The molecule has 8 nitrogen and oxygen atoms in total. The van der Waals surface area contributed by atoms with E-state index in [4.69, 9.17) is 23.2 Å². The van der Waals surface area contributed by atoms with Gasteiger partial charge < -0.3 is 5.32 Å². The van der Waals surface area contributed by atoms with E-state index in [1.54, 1.807) is 30.3 Å². The van der Waals surface area contributed by atoms with Crippen LogP contribution in [0.2, 0.25) is 10.0 Å². The summed E-state index contributed by atoms with van der Waals surface area (Å²) in [5.41, 5.74) is 3.91. The lowest BCUT2D eigenvalue weighted by Gasteiger charge is -2.23. The second-order valence-corrected chi connectivity index (χ2v) is 13.8. The zero-order valence-corrected chi connectivity index (χ0v) is 25.5. The van der Waals surface area contributed by atoms with Crippen molar-refractivity contribution < 1.29 is 21.6 Å². The highest BCUT2D eigenvalue weighted by molar-refractivity contribution is 7.92. The molecular weight excluding hydrogens is 605 g/mol. The Morgan fingerprint density at radius 2 is 1.37 bits per heavy atom. The number of carbonyl (C=O) groups is 1. The number of halogens is 2. The molecule has 4 rings (SSSR count). The van der Waals surface area contributed by atoms with E-state index in [0.717, 1.165) is 21.7 Å². The first-order chi connectivity index (χ1) is 19.2. The molecule has 4 aromatic rings. The predicted octanol–water partition coefficient (Wildman–Crippen LogP) is 6.63. The first-order valence-electron chi connectivity index (χ1n) is 12.3. The third-order valence-electron chi connectivity index (χ3n) is 6.36. The van der Waals surface area contributed by atoms with E-state index in [-0.39, 0.29) is 17.0 Å². The average Bonchev–Trinajstić information content (AvgIpc) is 2.90. The Kier molecular flexibility index (Phi) is 8.98. The Morgan fingerprint density at radius 3 is 1.93 bits per heavy atom. The summed E-state index contributed by atoms with van der Waals surface area (Å²) in [5, 5.41) is 3.38. The molecular formula is C29H27Cl2N3O5S2. The van der Waals surface area contributed by atoms with Crippen LogP contribution in [0.4, 0.5) is 17.1 Å². The molecule has 12 heteroatoms. The molecule has 0 unspecified atom stereocenters. The zero-order valence-electron chi connectivity index (χ0n) is 22.4. The summed E-state index contributed by atoms with van der Waals surface area (Å²) >= 11 is 12.5. The molecule has 0 spiro atoms. The SMILES string of the molecule is Cc1ccc(NS(=O)(=O)c2ccc(NC(=O)c3ccc(N(Cc4c(Cl)cccc4Cl)S(C)(=O)=O)cc3)cc2)cc1C. The molecule has 0 aliphatic carbocycles. The average molecular weight is 633 g/mol. The van der Waals surface area contributed by atoms with Crippen LogP contribution in [0.3, 0.4) is 0 Å². The highest BCUT2D eigenvalue weighted by Crippen LogP contribution is 2.29. The van der Waals surface area contributed by atoms with Gasteiger partial charge in [0, 0.05) is 32.5 Å². The Morgan fingerprint density at radius 1 is 0.780 bits per heavy atom. The molecule has 214 valence electrons. The van der Waals surface area contributed by atoms with Crippen molar-refractivity contribution in [3.05, 3.63) is 117 Å². The number of sulfonamides is 2. The molecule has 0 aliphatic rings. The monoisotopic (exact) mass is 631 g/mol. The van der Waals surface area contributed by atoms with Crippen molar-refractivity contribution in [3.8, 4) is 0 Å². The number of benzene rings is 4. The Balaban J connectivity index is 1.46. The van der Waals surface area contributed by atoms with Gasteiger partial charge in [0.15, 0.2) is 0 Å². The fraction of sp³-hybridized carbons (Fsp3) is 0.138. The normalized spacial score (nSPS) is 11.6. The number of anilines is 3. The predicted molar refractivity (Wildman–Crippen MR) is 165 cm³/mol. The molecule has 0 aromatic heterocycles. The van der Waals surface area contributed by atoms with E-state index in [1.165, 1.54) is 48.5 Å². The minimum absolute atomic E-state index is 0.0394. The molecule has 1 amide bonds. The van der Waals surface area contributed by atoms with Gasteiger partial charge in [0.2, 0.25) is 10.0 Å². The van der Waals surface area contributed by atoms with Crippen LogP contribution in [0.1, 0.15) is 27.0 Å². The summed E-state index contributed by atoms with van der Waals surface area (Å²) < 4.78 is 54.4. The van der Waals surface area contributed by atoms with Gasteiger partial charge in [-0.15, -0.1) is 0 Å². The van der Waals surface area contributed by atoms with Crippen molar-refractivity contribution in [2.75, 3.05) is 20.6 Å². The van der Waals surface area contributed by atoms with Gasteiger partial charge in [0.05, 0.1) is 23.4 Å². The maximum atomic E-state index is 12.8. The van der Waals surface area contributed by atoms with E-state index in [2.05, 4.69) is 10.0 Å². The minimum Gasteiger partial charge on any atom is -0.322 e. The summed E-state index contributed by atoms with van der Waals surface area (Å²) in [6.45, 7) is 3.76. The third kappa shape index (κ3) is 7.39. The van der Waals surface area contributed by atoms with Crippen molar-refractivity contribution in [1.82, 2.24) is 0 Å². The maximum absolute atomic E-state index is 12.8. The van der Waals surface area contributed by atoms with Crippen LogP contribution in [0.25, 0.3) is 0 Å². The van der Waals surface area contributed by atoms with Gasteiger partial charge in [0.25, 0.3) is 15.9 Å². The molecule has 2 N–H and O–H groups in total. The molecule has 4 aromatic carbocycles. The van der Waals surface area contributed by atoms with Crippen molar-refractivity contribution in [1.29, 1.82) is 0 Å². The highest BCUT2D eigenvalue weighted by atomic mass is 35.5. The number of aryl methyl sites for hydroxylation is 2. The standard InChI is InChI=1S/C29H27Cl2N3O5S2/c1-19-7-10-23(17-20(19)2)33-41(38,39)25-15-11-22(12-16-25)32-29(35)21-8-13-24(14-9-21)34(40(3,36)37)18-26-27(30)5-4-6-28(26)31/h4-17,33H,18H2,1-3H3,(H,32,35). The smallest absolute Gasteiger partial charge is 0.261 e. The van der Waals surface area contributed by atoms with Crippen LogP contribution in [0, 0.1) is 13.8 Å². The number of hydrogen-bond donors (Lipinski definition) is 2. The first kappa shape index (κ1) is 30.4. The van der Waals surface area contributed by atoms with E-state index >= 15 is 0 Å². The molecule has 0 saturated heterocycles. The summed E-state index contributed by atoms with van der Waals surface area (Å²) in [7, 11) is -7.54. The van der Waals surface area contributed by atoms with Gasteiger partial charge in [-0.25, -0.2) is 16.8 Å². The quantitative estimate of drug-likeness (QED) is 0.215. The third-order valence-corrected chi connectivity index (χ3v) is 9.61. The van der Waals surface area contributed by atoms with Gasteiger partial charge in [-0.1, -0.05) is 35.3 Å². The first-order valence-corrected chi connectivity index (χ1v) is 16.4. The fourth-order valence-electron chi connectivity index (χ4n) is 3.95. The second kappa shape index (κ2) is 12.1. The maximum Gasteiger partial charge on any atom is 0.261 e. The Hall–Kier alpha value is -3.57. The van der Waals surface area contributed by atoms with Crippen molar-refractivity contribution in [2.45, 2.75) is 25.3 Å². The molecule has 0 bridgehead atoms. The van der Waals surface area contributed by atoms with Crippen LogP contribution in [0.5, 0.6) is 0 Å². The van der Waals surface area contributed by atoms with Crippen LogP contribution in [0.15, 0.2) is 89.8 Å². The number of nitrogens with zero attached hydrogens (tertiary/aromatic N) is 1. The zero-order chi connectivity index (χ0) is 29.9. The minimum atomic E-state index is -3.83. The van der Waals surface area contributed by atoms with Gasteiger partial charge in [-0.05, 0) is 97.8 Å². The molecule has 0 radical (unpaired) electrons.